The summed E-state index contributed by atoms with van der Waals surface area (Å²) < 4.78 is 10.6. The summed E-state index contributed by atoms with van der Waals surface area (Å²) in [5.74, 6) is 0.921. The maximum absolute atomic E-state index is 5.56. The van der Waals surface area contributed by atoms with Gasteiger partial charge in [0.25, 0.3) is 0 Å². The van der Waals surface area contributed by atoms with E-state index in [2.05, 4.69) is 97.5 Å². The molecule has 3 heteroatoms. The zero-order chi connectivity index (χ0) is 22.5. The van der Waals surface area contributed by atoms with Crippen LogP contribution in [0.2, 0.25) is 0 Å². The van der Waals surface area contributed by atoms with Crippen LogP contribution in [0.15, 0.2) is 54.6 Å². The molecule has 0 saturated heterocycles. The van der Waals surface area contributed by atoms with E-state index in [1.165, 1.54) is 56.8 Å². The van der Waals surface area contributed by atoms with Gasteiger partial charge < -0.3 is 9.30 Å². The molecule has 1 aliphatic heterocycles. The Bertz CT molecular complexity index is 1400. The molecule has 1 aliphatic rings. The predicted octanol–water partition coefficient (Wildman–Crippen LogP) is 6.20. The molecule has 0 N–H and O–H groups in total. The van der Waals surface area contributed by atoms with E-state index in [0.29, 0.717) is 0 Å². The normalized spacial score (nSPS) is 15.8. The Labute approximate surface area is 190 Å². The largest absolute Gasteiger partial charge is 0.497 e. The van der Waals surface area contributed by atoms with Crippen molar-refractivity contribution in [2.45, 2.75) is 52.5 Å². The van der Waals surface area contributed by atoms with Crippen molar-refractivity contribution in [1.29, 1.82) is 0 Å². The number of rotatable bonds is 6. The van der Waals surface area contributed by atoms with Crippen molar-refractivity contribution >= 4 is 39.2 Å². The van der Waals surface area contributed by atoms with Gasteiger partial charge in [0, 0.05) is 40.5 Å². The number of methoxy groups -OCH3 is 1. The highest BCUT2D eigenvalue weighted by molar-refractivity contribution is 6.18. The number of hydrogen-bond acceptors (Lipinski definition) is 1. The van der Waals surface area contributed by atoms with Crippen LogP contribution >= 0.6 is 0 Å². The predicted molar refractivity (Wildman–Crippen MR) is 136 cm³/mol. The average Bonchev–Trinajstić information content (AvgIpc) is 3.22. The van der Waals surface area contributed by atoms with Crippen molar-refractivity contribution < 1.29 is 9.31 Å². The van der Waals surface area contributed by atoms with Gasteiger partial charge in [-0.2, -0.15) is 4.58 Å². The summed E-state index contributed by atoms with van der Waals surface area (Å²) in [5, 5.41) is 5.38. The molecule has 0 aliphatic carbocycles. The second-order valence-electron chi connectivity index (χ2n) is 9.35. The molecule has 0 atom stereocenters. The van der Waals surface area contributed by atoms with Crippen molar-refractivity contribution in [3.05, 3.63) is 65.5 Å². The first-order valence-electron chi connectivity index (χ1n) is 11.9. The lowest BCUT2D eigenvalue weighted by Crippen LogP contribution is -2.31. The van der Waals surface area contributed by atoms with Crippen LogP contribution in [0, 0.1) is 0 Å². The average molecular weight is 426 g/mol. The SMILES string of the molecule is CCCCn1/c(=C/C2=[N+](CC)c3ccc(OC)cc3C2(C)C)c2cccc3cccc1c32. The van der Waals surface area contributed by atoms with Gasteiger partial charge in [-0.25, -0.2) is 0 Å². The highest BCUT2D eigenvalue weighted by atomic mass is 16.5. The van der Waals surface area contributed by atoms with Gasteiger partial charge >= 0.3 is 0 Å². The highest BCUT2D eigenvalue weighted by Gasteiger charge is 2.44. The number of unbranched alkanes of at least 4 members (excludes halogenated alkanes) is 1. The van der Waals surface area contributed by atoms with Crippen LogP contribution in [0.5, 0.6) is 5.75 Å². The Kier molecular flexibility index (Phi) is 5.08. The molecule has 0 saturated carbocycles. The number of nitrogens with zero attached hydrogens (tertiary/aromatic N) is 2. The van der Waals surface area contributed by atoms with Crippen LogP contribution in [0.25, 0.3) is 27.8 Å². The summed E-state index contributed by atoms with van der Waals surface area (Å²) in [6.07, 6.45) is 4.82. The van der Waals surface area contributed by atoms with E-state index in [1.807, 2.05) is 0 Å². The van der Waals surface area contributed by atoms with E-state index in [4.69, 9.17) is 4.74 Å². The molecule has 164 valence electrons. The van der Waals surface area contributed by atoms with Crippen molar-refractivity contribution in [1.82, 2.24) is 4.57 Å². The summed E-state index contributed by atoms with van der Waals surface area (Å²) in [7, 11) is 1.75. The summed E-state index contributed by atoms with van der Waals surface area (Å²) in [6.45, 7) is 11.2. The Morgan fingerprint density at radius 3 is 2.53 bits per heavy atom. The van der Waals surface area contributed by atoms with Gasteiger partial charge in [-0.1, -0.05) is 43.7 Å². The monoisotopic (exact) mass is 425 g/mol. The molecule has 0 bridgehead atoms. The van der Waals surface area contributed by atoms with Crippen molar-refractivity contribution in [3.8, 4) is 5.75 Å². The lowest BCUT2D eigenvalue weighted by molar-refractivity contribution is -0.432. The molecule has 4 aromatic rings. The van der Waals surface area contributed by atoms with Gasteiger partial charge in [0.05, 0.1) is 17.9 Å². The van der Waals surface area contributed by atoms with Crippen LogP contribution in [-0.4, -0.2) is 28.5 Å². The first-order valence-corrected chi connectivity index (χ1v) is 11.9. The van der Waals surface area contributed by atoms with E-state index in [-0.39, 0.29) is 5.41 Å². The Balaban J connectivity index is 1.83. The Morgan fingerprint density at radius 1 is 1.03 bits per heavy atom. The third kappa shape index (κ3) is 2.98. The van der Waals surface area contributed by atoms with E-state index in [0.717, 1.165) is 18.8 Å². The topological polar surface area (TPSA) is 17.2 Å². The first kappa shape index (κ1) is 20.8. The zero-order valence-electron chi connectivity index (χ0n) is 19.9. The van der Waals surface area contributed by atoms with Crippen LogP contribution < -0.4 is 10.1 Å². The zero-order valence-corrected chi connectivity index (χ0v) is 19.9. The molecular formula is C29H33N2O+. The second-order valence-corrected chi connectivity index (χ2v) is 9.35. The summed E-state index contributed by atoms with van der Waals surface area (Å²) in [4.78, 5) is 0. The fourth-order valence-corrected chi connectivity index (χ4v) is 5.46. The lowest BCUT2D eigenvalue weighted by atomic mass is 9.81. The maximum atomic E-state index is 5.56. The molecule has 0 unspecified atom stereocenters. The Hall–Kier alpha value is -3.07. The van der Waals surface area contributed by atoms with E-state index >= 15 is 0 Å². The van der Waals surface area contributed by atoms with Crippen molar-refractivity contribution in [2.24, 2.45) is 0 Å². The van der Waals surface area contributed by atoms with E-state index < -0.39 is 0 Å². The van der Waals surface area contributed by atoms with Gasteiger partial charge in [0.1, 0.15) is 12.3 Å². The molecule has 32 heavy (non-hydrogen) atoms. The molecule has 3 aromatic carbocycles. The van der Waals surface area contributed by atoms with Gasteiger partial charge in [-0.15, -0.1) is 0 Å². The molecule has 2 heterocycles. The molecule has 0 amide bonds. The van der Waals surface area contributed by atoms with Gasteiger partial charge in [0.2, 0.25) is 5.69 Å². The minimum atomic E-state index is -0.105. The third-order valence-corrected chi connectivity index (χ3v) is 7.16. The quantitative estimate of drug-likeness (QED) is 0.336. The molecule has 3 nitrogen and oxygen atoms in total. The standard InChI is InChI=1S/C29H33N2O/c1-6-8-17-31-25-14-10-12-20-11-9-13-22(28(20)25)26(31)19-27-29(3,4)23-18-21(32-5)15-16-24(23)30(27)7-2/h9-16,18-19H,6-8,17H2,1-5H3/q+1. The fourth-order valence-electron chi connectivity index (χ4n) is 5.46. The molecule has 1 aromatic heterocycles. The summed E-state index contributed by atoms with van der Waals surface area (Å²) in [5.41, 5.74) is 5.21. The summed E-state index contributed by atoms with van der Waals surface area (Å²) >= 11 is 0. The number of hydrogen-bond donors (Lipinski definition) is 0. The molecule has 0 spiro atoms. The Morgan fingerprint density at radius 2 is 1.81 bits per heavy atom. The molecule has 5 rings (SSSR count). The van der Waals surface area contributed by atoms with Gasteiger partial charge in [0.15, 0.2) is 5.71 Å². The van der Waals surface area contributed by atoms with Crippen LogP contribution in [0.4, 0.5) is 5.69 Å². The first-order chi connectivity index (χ1) is 15.5. The van der Waals surface area contributed by atoms with Gasteiger partial charge in [-0.05, 0) is 50.8 Å². The molecule has 0 fully saturated rings. The minimum absolute atomic E-state index is 0.105. The van der Waals surface area contributed by atoms with E-state index in [1.54, 1.807) is 7.11 Å². The van der Waals surface area contributed by atoms with Crippen molar-refractivity contribution in [2.75, 3.05) is 13.7 Å². The number of ether oxygens (including phenoxy) is 1. The molecule has 0 radical (unpaired) electrons. The van der Waals surface area contributed by atoms with E-state index in [9.17, 15) is 0 Å². The van der Waals surface area contributed by atoms with Crippen LogP contribution in [0.3, 0.4) is 0 Å². The van der Waals surface area contributed by atoms with Gasteiger partial charge in [-0.3, -0.25) is 0 Å². The maximum Gasteiger partial charge on any atom is 0.210 e. The summed E-state index contributed by atoms with van der Waals surface area (Å²) in [6, 6.07) is 19.9. The third-order valence-electron chi connectivity index (χ3n) is 7.16. The highest BCUT2D eigenvalue weighted by Crippen LogP contribution is 2.42. The lowest BCUT2D eigenvalue weighted by Gasteiger charge is -2.16. The smallest absolute Gasteiger partial charge is 0.210 e. The number of benzene rings is 3. The van der Waals surface area contributed by atoms with Crippen LogP contribution in [-0.2, 0) is 12.0 Å². The minimum Gasteiger partial charge on any atom is -0.497 e. The number of aryl methyl sites for hydroxylation is 1. The molecular weight excluding hydrogens is 392 g/mol. The number of aromatic nitrogens is 1. The van der Waals surface area contributed by atoms with Crippen molar-refractivity contribution in [3.63, 3.8) is 0 Å². The number of fused-ring (bicyclic) bond motifs is 1. The van der Waals surface area contributed by atoms with Crippen LogP contribution in [0.1, 0.15) is 46.1 Å². The second kappa shape index (κ2) is 7.81. The fraction of sp³-hybridized carbons (Fsp3) is 0.345.